The minimum absolute atomic E-state index is 0.0489. The normalized spacial score (nSPS) is 12.9. The van der Waals surface area contributed by atoms with Crippen molar-refractivity contribution in [1.29, 1.82) is 0 Å². The molecular formula is C32H40ClNO3. The summed E-state index contributed by atoms with van der Waals surface area (Å²) in [6, 6.07) is 22.1. The molecule has 1 N–H and O–H groups in total. The molecule has 4 nitrogen and oxygen atoms in total. The van der Waals surface area contributed by atoms with Gasteiger partial charge in [-0.3, -0.25) is 0 Å². The first-order chi connectivity index (χ1) is 17.4. The van der Waals surface area contributed by atoms with Gasteiger partial charge in [-0.25, -0.2) is 4.79 Å². The van der Waals surface area contributed by atoms with E-state index < -0.39 is 0 Å². The number of carbonyl (C=O) groups is 1. The molecule has 0 spiro atoms. The van der Waals surface area contributed by atoms with Crippen molar-refractivity contribution in [2.24, 2.45) is 0 Å². The maximum Gasteiger partial charge on any atom is 0.337 e. The standard InChI is InChI=1S/C32H40ClNO3/c1-31(2,3)26-15-23(16-27(18-26)32(4,5)6)21-37-29(25-9-8-10-28(33)17-25)20-34-19-22-11-13-24(14-12-22)30(35)36-7/h8-18,29,34H,19-21H2,1-7H3/t29-/m0/s1. The summed E-state index contributed by atoms with van der Waals surface area (Å²) < 4.78 is 11.3. The third kappa shape index (κ3) is 8.43. The van der Waals surface area contributed by atoms with E-state index in [-0.39, 0.29) is 22.9 Å². The predicted octanol–water partition coefficient (Wildman–Crippen LogP) is 7.77. The zero-order valence-corrected chi connectivity index (χ0v) is 23.9. The summed E-state index contributed by atoms with van der Waals surface area (Å²) in [4.78, 5) is 11.7. The largest absolute Gasteiger partial charge is 0.465 e. The molecule has 0 saturated heterocycles. The highest BCUT2D eigenvalue weighted by atomic mass is 35.5. The van der Waals surface area contributed by atoms with Crippen LogP contribution in [0.3, 0.4) is 0 Å². The Morgan fingerprint density at radius 3 is 2.03 bits per heavy atom. The molecule has 0 fully saturated rings. The zero-order chi connectivity index (χ0) is 27.2. The number of benzene rings is 3. The van der Waals surface area contributed by atoms with E-state index in [9.17, 15) is 4.79 Å². The zero-order valence-electron chi connectivity index (χ0n) is 23.2. The predicted molar refractivity (Wildman–Crippen MR) is 152 cm³/mol. The van der Waals surface area contributed by atoms with E-state index >= 15 is 0 Å². The van der Waals surface area contributed by atoms with Gasteiger partial charge in [0.25, 0.3) is 0 Å². The highest BCUT2D eigenvalue weighted by molar-refractivity contribution is 6.30. The van der Waals surface area contributed by atoms with Crippen molar-refractivity contribution >= 4 is 17.6 Å². The average molecular weight is 522 g/mol. The Bertz CT molecular complexity index is 1160. The smallest absolute Gasteiger partial charge is 0.337 e. The summed E-state index contributed by atoms with van der Waals surface area (Å²) in [6.07, 6.45) is -0.176. The van der Waals surface area contributed by atoms with E-state index in [0.29, 0.717) is 30.3 Å². The number of hydrogen-bond acceptors (Lipinski definition) is 4. The van der Waals surface area contributed by atoms with Crippen molar-refractivity contribution in [1.82, 2.24) is 5.32 Å². The average Bonchev–Trinajstić information content (AvgIpc) is 2.84. The van der Waals surface area contributed by atoms with Crippen molar-refractivity contribution in [2.45, 2.75) is 71.6 Å². The molecule has 3 rings (SSSR count). The van der Waals surface area contributed by atoms with Crippen LogP contribution in [0.2, 0.25) is 5.02 Å². The summed E-state index contributed by atoms with van der Waals surface area (Å²) in [5, 5.41) is 4.19. The van der Waals surface area contributed by atoms with Crippen LogP contribution >= 0.6 is 11.6 Å². The lowest BCUT2D eigenvalue weighted by Gasteiger charge is -2.27. The van der Waals surface area contributed by atoms with E-state index in [4.69, 9.17) is 21.1 Å². The lowest BCUT2D eigenvalue weighted by Crippen LogP contribution is -2.23. The van der Waals surface area contributed by atoms with Crippen LogP contribution < -0.4 is 5.32 Å². The molecule has 37 heavy (non-hydrogen) atoms. The molecule has 0 aromatic heterocycles. The maximum atomic E-state index is 11.7. The minimum Gasteiger partial charge on any atom is -0.465 e. The van der Waals surface area contributed by atoms with Crippen LogP contribution in [0.5, 0.6) is 0 Å². The lowest BCUT2D eigenvalue weighted by atomic mass is 9.79. The maximum absolute atomic E-state index is 11.7. The molecule has 0 aliphatic carbocycles. The van der Waals surface area contributed by atoms with Gasteiger partial charge < -0.3 is 14.8 Å². The second-order valence-electron chi connectivity index (χ2n) is 11.6. The summed E-state index contributed by atoms with van der Waals surface area (Å²) in [6.45, 7) is 15.2. The Hall–Kier alpha value is -2.66. The van der Waals surface area contributed by atoms with Crippen LogP contribution in [0, 0.1) is 0 Å². The SMILES string of the molecule is COC(=O)c1ccc(CNC[C@H](OCc2cc(C(C)(C)C)cc(C(C)(C)C)c2)c2cccc(Cl)c2)cc1. The Labute approximate surface area is 227 Å². The van der Waals surface area contributed by atoms with E-state index in [1.165, 1.54) is 23.8 Å². The van der Waals surface area contributed by atoms with Crippen LogP contribution in [-0.2, 0) is 33.5 Å². The van der Waals surface area contributed by atoms with Crippen LogP contribution in [0.4, 0.5) is 0 Å². The summed E-state index contributed by atoms with van der Waals surface area (Å²) in [7, 11) is 1.39. The van der Waals surface area contributed by atoms with Gasteiger partial charge in [0.05, 0.1) is 25.4 Å². The molecule has 0 bridgehead atoms. The number of nitrogens with one attached hydrogen (secondary N) is 1. The molecule has 0 amide bonds. The molecule has 198 valence electrons. The fraction of sp³-hybridized carbons (Fsp3) is 0.406. The fourth-order valence-electron chi connectivity index (χ4n) is 4.04. The summed E-state index contributed by atoms with van der Waals surface area (Å²) in [5.74, 6) is -0.334. The highest BCUT2D eigenvalue weighted by Gasteiger charge is 2.21. The minimum atomic E-state index is -0.334. The van der Waals surface area contributed by atoms with Crippen LogP contribution in [0.25, 0.3) is 0 Å². The van der Waals surface area contributed by atoms with Gasteiger partial charge in [0.2, 0.25) is 0 Å². The second kappa shape index (κ2) is 12.3. The topological polar surface area (TPSA) is 47.6 Å². The molecule has 0 radical (unpaired) electrons. The van der Waals surface area contributed by atoms with Crippen molar-refractivity contribution in [3.05, 3.63) is 105 Å². The number of rotatable bonds is 9. The molecule has 3 aromatic carbocycles. The van der Waals surface area contributed by atoms with Crippen molar-refractivity contribution in [2.75, 3.05) is 13.7 Å². The second-order valence-corrected chi connectivity index (χ2v) is 12.0. The number of ether oxygens (including phenoxy) is 2. The quantitative estimate of drug-likeness (QED) is 0.292. The summed E-state index contributed by atoms with van der Waals surface area (Å²) >= 11 is 6.32. The molecule has 1 atom stereocenters. The summed E-state index contributed by atoms with van der Waals surface area (Å²) in [5.41, 5.74) is 6.54. The Balaban J connectivity index is 1.76. The van der Waals surface area contributed by atoms with Crippen LogP contribution in [0.1, 0.15) is 85.8 Å². The number of methoxy groups -OCH3 is 1. The molecule has 0 aliphatic rings. The van der Waals surface area contributed by atoms with Crippen LogP contribution in [0.15, 0.2) is 66.7 Å². The van der Waals surface area contributed by atoms with Gasteiger partial charge >= 0.3 is 5.97 Å². The first-order valence-electron chi connectivity index (χ1n) is 12.8. The van der Waals surface area contributed by atoms with E-state index in [1.807, 2.05) is 30.3 Å². The number of carbonyl (C=O) groups excluding carboxylic acids is 1. The van der Waals surface area contributed by atoms with Crippen molar-refractivity contribution in [3.8, 4) is 0 Å². The van der Waals surface area contributed by atoms with Crippen LogP contribution in [-0.4, -0.2) is 19.6 Å². The van der Waals surface area contributed by atoms with Gasteiger partial charge in [-0.15, -0.1) is 0 Å². The van der Waals surface area contributed by atoms with E-state index in [1.54, 1.807) is 12.1 Å². The Kier molecular flexibility index (Phi) is 9.57. The molecule has 0 unspecified atom stereocenters. The molecule has 0 saturated carbocycles. The molecule has 0 aliphatic heterocycles. The third-order valence-electron chi connectivity index (χ3n) is 6.43. The van der Waals surface area contributed by atoms with Gasteiger partial charge in [0.15, 0.2) is 0 Å². The number of hydrogen-bond donors (Lipinski definition) is 1. The van der Waals surface area contributed by atoms with Crippen molar-refractivity contribution < 1.29 is 14.3 Å². The number of halogens is 1. The highest BCUT2D eigenvalue weighted by Crippen LogP contribution is 2.31. The molecule has 5 heteroatoms. The first-order valence-corrected chi connectivity index (χ1v) is 13.1. The van der Waals surface area contributed by atoms with E-state index in [0.717, 1.165) is 11.1 Å². The van der Waals surface area contributed by atoms with Gasteiger partial charge in [-0.05, 0) is 62.9 Å². The van der Waals surface area contributed by atoms with Gasteiger partial charge in [0.1, 0.15) is 0 Å². The van der Waals surface area contributed by atoms with Crippen molar-refractivity contribution in [3.63, 3.8) is 0 Å². The Morgan fingerprint density at radius 1 is 0.865 bits per heavy atom. The Morgan fingerprint density at radius 2 is 1.49 bits per heavy atom. The molecule has 3 aromatic rings. The van der Waals surface area contributed by atoms with Gasteiger partial charge in [0, 0.05) is 18.1 Å². The van der Waals surface area contributed by atoms with Gasteiger partial charge in [-0.1, -0.05) is 95.6 Å². The monoisotopic (exact) mass is 521 g/mol. The first kappa shape index (κ1) is 28.9. The lowest BCUT2D eigenvalue weighted by molar-refractivity contribution is 0.0395. The van der Waals surface area contributed by atoms with E-state index in [2.05, 4.69) is 71.1 Å². The third-order valence-corrected chi connectivity index (χ3v) is 6.67. The molecular weight excluding hydrogens is 482 g/mol. The number of esters is 1. The molecule has 0 heterocycles. The van der Waals surface area contributed by atoms with Gasteiger partial charge in [-0.2, -0.15) is 0 Å². The fourth-order valence-corrected chi connectivity index (χ4v) is 4.24.